The van der Waals surface area contributed by atoms with E-state index in [4.69, 9.17) is 37.7 Å². The van der Waals surface area contributed by atoms with E-state index in [0.717, 1.165) is 49.4 Å². The highest BCUT2D eigenvalue weighted by Gasteiger charge is 2.34. The van der Waals surface area contributed by atoms with Crippen molar-refractivity contribution in [2.75, 3.05) is 18.0 Å². The summed E-state index contributed by atoms with van der Waals surface area (Å²) in [5, 5.41) is 14.4. The van der Waals surface area contributed by atoms with Crippen LogP contribution in [0.1, 0.15) is 42.1 Å². The minimum Gasteiger partial charge on any atom is -0.371 e. The second kappa shape index (κ2) is 8.55. The van der Waals surface area contributed by atoms with Crippen LogP contribution in [0.5, 0.6) is 0 Å². The highest BCUT2D eigenvalue weighted by atomic mass is 35.5. The molecule has 1 aliphatic carbocycles. The predicted octanol–water partition coefficient (Wildman–Crippen LogP) is 6.19. The molecule has 5 nitrogen and oxygen atoms in total. The third kappa shape index (κ3) is 4.16. The lowest BCUT2D eigenvalue weighted by Crippen LogP contribution is -2.22. The number of halogens is 2. The molecule has 158 valence electrons. The molecular formula is C24H21Cl2N3O2. The van der Waals surface area contributed by atoms with E-state index in [0.29, 0.717) is 39.4 Å². The van der Waals surface area contributed by atoms with Gasteiger partial charge in [-0.05, 0) is 55.7 Å². The second-order valence-electron chi connectivity index (χ2n) is 8.07. The quantitative estimate of drug-likeness (QED) is 0.444. The van der Waals surface area contributed by atoms with Crippen molar-refractivity contribution >= 4 is 28.9 Å². The largest absolute Gasteiger partial charge is 0.371 e. The van der Waals surface area contributed by atoms with Crippen molar-refractivity contribution in [2.24, 2.45) is 0 Å². The number of hydrogen-bond acceptors (Lipinski definition) is 5. The van der Waals surface area contributed by atoms with Crippen molar-refractivity contribution in [3.8, 4) is 17.3 Å². The van der Waals surface area contributed by atoms with Crippen LogP contribution < -0.4 is 4.90 Å². The molecule has 0 spiro atoms. The molecule has 1 unspecified atom stereocenters. The van der Waals surface area contributed by atoms with Crippen molar-refractivity contribution in [3.05, 3.63) is 69.4 Å². The second-order valence-corrected chi connectivity index (χ2v) is 8.89. The summed E-state index contributed by atoms with van der Waals surface area (Å²) in [5.41, 5.74) is 4.11. The number of hydrogen-bond donors (Lipinski definition) is 0. The first-order valence-electron chi connectivity index (χ1n) is 10.4. The molecule has 31 heavy (non-hydrogen) atoms. The van der Waals surface area contributed by atoms with E-state index in [1.165, 1.54) is 0 Å². The molecule has 1 saturated heterocycles. The molecule has 1 atom stereocenters. The number of anilines is 1. The average molecular weight is 454 g/mol. The van der Waals surface area contributed by atoms with Gasteiger partial charge in [0.25, 0.3) is 0 Å². The Hall–Kier alpha value is -2.52. The molecule has 2 fully saturated rings. The van der Waals surface area contributed by atoms with Gasteiger partial charge in [0.05, 0.1) is 34.4 Å². The zero-order valence-corrected chi connectivity index (χ0v) is 18.4. The van der Waals surface area contributed by atoms with Crippen LogP contribution in [-0.2, 0) is 11.3 Å². The molecule has 3 aromatic rings. The Morgan fingerprint density at radius 3 is 2.52 bits per heavy atom. The van der Waals surface area contributed by atoms with E-state index in [9.17, 15) is 0 Å². The van der Waals surface area contributed by atoms with Gasteiger partial charge in [-0.15, -0.1) is 0 Å². The first-order chi connectivity index (χ1) is 15.1. The van der Waals surface area contributed by atoms with E-state index in [-0.39, 0.29) is 6.10 Å². The van der Waals surface area contributed by atoms with Gasteiger partial charge in [-0.2, -0.15) is 5.26 Å². The molecule has 2 aromatic carbocycles. The molecule has 1 aromatic heterocycles. The van der Waals surface area contributed by atoms with E-state index in [1.54, 1.807) is 0 Å². The van der Waals surface area contributed by atoms with Crippen molar-refractivity contribution < 1.29 is 9.26 Å². The number of ether oxygens (including phenoxy) is 1. The average Bonchev–Trinajstić information content (AvgIpc) is 3.37. The van der Waals surface area contributed by atoms with Gasteiger partial charge < -0.3 is 14.2 Å². The van der Waals surface area contributed by atoms with Crippen LogP contribution in [0.25, 0.3) is 11.3 Å². The normalized spacial score (nSPS) is 18.4. The highest BCUT2D eigenvalue weighted by Crippen LogP contribution is 2.46. The van der Waals surface area contributed by atoms with E-state index < -0.39 is 0 Å². The molecule has 7 heteroatoms. The van der Waals surface area contributed by atoms with Gasteiger partial charge in [0, 0.05) is 35.8 Å². The SMILES string of the molecule is N#Cc1ccc(N2CCC(OCc3c(-c4c(Cl)cccc4Cl)noc3C3CC3)C2)cc1. The maximum atomic E-state index is 8.99. The van der Waals surface area contributed by atoms with Gasteiger partial charge in [0.15, 0.2) is 0 Å². The van der Waals surface area contributed by atoms with Crippen molar-refractivity contribution in [2.45, 2.75) is 37.9 Å². The minimum absolute atomic E-state index is 0.104. The standard InChI is InChI=1S/C24H21Cl2N3O2/c25-20-2-1-3-21(26)22(20)23-19(24(31-28-23)16-6-7-16)14-30-18-10-11-29(13-18)17-8-4-15(12-27)5-9-17/h1-5,8-9,16,18H,6-7,10-11,13-14H2. The van der Waals surface area contributed by atoms with Crippen molar-refractivity contribution in [1.29, 1.82) is 5.26 Å². The molecule has 5 rings (SSSR count). The molecule has 2 aliphatic rings. The van der Waals surface area contributed by atoms with Gasteiger partial charge >= 0.3 is 0 Å². The first-order valence-corrected chi connectivity index (χ1v) is 11.2. The summed E-state index contributed by atoms with van der Waals surface area (Å²) >= 11 is 12.9. The molecule has 0 bridgehead atoms. The number of rotatable bonds is 6. The zero-order chi connectivity index (χ0) is 21.4. The number of benzene rings is 2. The summed E-state index contributed by atoms with van der Waals surface area (Å²) in [6, 6.07) is 15.3. The lowest BCUT2D eigenvalue weighted by molar-refractivity contribution is 0.0547. The lowest BCUT2D eigenvalue weighted by Gasteiger charge is -2.19. The maximum Gasteiger partial charge on any atom is 0.145 e. The molecular weight excluding hydrogens is 433 g/mol. The Kier molecular flexibility index (Phi) is 5.62. The Morgan fingerprint density at radius 2 is 1.84 bits per heavy atom. The van der Waals surface area contributed by atoms with Crippen molar-refractivity contribution in [3.63, 3.8) is 0 Å². The third-order valence-electron chi connectivity index (χ3n) is 5.94. The summed E-state index contributed by atoms with van der Waals surface area (Å²) in [5.74, 6) is 1.30. The van der Waals surface area contributed by atoms with Crippen LogP contribution in [0.4, 0.5) is 5.69 Å². The zero-order valence-electron chi connectivity index (χ0n) is 16.9. The first kappa shape index (κ1) is 20.4. The van der Waals surface area contributed by atoms with Gasteiger partial charge in [-0.1, -0.05) is 34.4 Å². The lowest BCUT2D eigenvalue weighted by atomic mass is 10.0. The summed E-state index contributed by atoms with van der Waals surface area (Å²) in [6.07, 6.45) is 3.25. The minimum atomic E-state index is 0.104. The topological polar surface area (TPSA) is 62.3 Å². The fourth-order valence-electron chi connectivity index (χ4n) is 4.09. The molecule has 1 saturated carbocycles. The van der Waals surface area contributed by atoms with Crippen LogP contribution in [0, 0.1) is 11.3 Å². The van der Waals surface area contributed by atoms with Crippen LogP contribution >= 0.6 is 23.2 Å². The van der Waals surface area contributed by atoms with Crippen molar-refractivity contribution in [1.82, 2.24) is 5.16 Å². The van der Waals surface area contributed by atoms with E-state index in [2.05, 4.69) is 16.1 Å². The maximum absolute atomic E-state index is 8.99. The van der Waals surface area contributed by atoms with Crippen LogP contribution in [0.3, 0.4) is 0 Å². The number of nitriles is 1. The monoisotopic (exact) mass is 453 g/mol. The van der Waals surface area contributed by atoms with Gasteiger partial charge in [-0.25, -0.2) is 0 Å². The van der Waals surface area contributed by atoms with E-state index >= 15 is 0 Å². The summed E-state index contributed by atoms with van der Waals surface area (Å²) < 4.78 is 12.1. The Balaban J connectivity index is 1.33. The Bertz CT molecular complexity index is 1110. The molecule has 1 aliphatic heterocycles. The number of aromatic nitrogens is 1. The van der Waals surface area contributed by atoms with Gasteiger partial charge in [0.2, 0.25) is 0 Å². The Labute approximate surface area is 191 Å². The molecule has 0 radical (unpaired) electrons. The summed E-state index contributed by atoms with van der Waals surface area (Å²) in [7, 11) is 0. The van der Waals surface area contributed by atoms with E-state index in [1.807, 2.05) is 42.5 Å². The fourth-order valence-corrected chi connectivity index (χ4v) is 4.67. The highest BCUT2D eigenvalue weighted by molar-refractivity contribution is 6.39. The predicted molar refractivity (Wildman–Crippen MR) is 120 cm³/mol. The Morgan fingerprint density at radius 1 is 1.10 bits per heavy atom. The van der Waals surface area contributed by atoms with Crippen LogP contribution in [0.15, 0.2) is 47.0 Å². The van der Waals surface area contributed by atoms with Crippen LogP contribution in [0.2, 0.25) is 10.0 Å². The number of nitrogens with zero attached hydrogens (tertiary/aromatic N) is 3. The molecule has 0 amide bonds. The van der Waals surface area contributed by atoms with Gasteiger partial charge in [0.1, 0.15) is 11.5 Å². The third-order valence-corrected chi connectivity index (χ3v) is 6.57. The van der Waals surface area contributed by atoms with Crippen LogP contribution in [-0.4, -0.2) is 24.4 Å². The van der Waals surface area contributed by atoms with Gasteiger partial charge in [-0.3, -0.25) is 0 Å². The molecule has 0 N–H and O–H groups in total. The molecule has 2 heterocycles. The smallest absolute Gasteiger partial charge is 0.145 e. The summed E-state index contributed by atoms with van der Waals surface area (Å²) in [4.78, 5) is 2.28. The summed E-state index contributed by atoms with van der Waals surface area (Å²) in [6.45, 7) is 2.13. The fraction of sp³-hybridized carbons (Fsp3) is 0.333.